The highest BCUT2D eigenvalue weighted by molar-refractivity contribution is 5.88. The van der Waals surface area contributed by atoms with Crippen molar-refractivity contribution in [3.05, 3.63) is 29.8 Å². The standard InChI is InChI=1S/C16H25N3O3/c1-11(20)18-13-7-5-12(6-8-13)9-14(10-17)19-15(21)22-16(2,3)4/h5-8,14H,9-10,17H2,1-4H3,(H,18,20)(H,19,21). The van der Waals surface area contributed by atoms with E-state index in [9.17, 15) is 9.59 Å². The molecule has 1 rings (SSSR count). The van der Waals surface area contributed by atoms with Gasteiger partial charge in [0.2, 0.25) is 5.91 Å². The van der Waals surface area contributed by atoms with E-state index < -0.39 is 11.7 Å². The lowest BCUT2D eigenvalue weighted by Gasteiger charge is -2.23. The van der Waals surface area contributed by atoms with E-state index in [0.717, 1.165) is 11.3 Å². The molecule has 0 spiro atoms. The number of amides is 2. The van der Waals surface area contributed by atoms with Gasteiger partial charge in [0.25, 0.3) is 0 Å². The Hall–Kier alpha value is -2.08. The summed E-state index contributed by atoms with van der Waals surface area (Å²) in [6.45, 7) is 7.20. The molecule has 0 aliphatic carbocycles. The number of carbonyl (C=O) groups is 2. The molecule has 0 aliphatic heterocycles. The van der Waals surface area contributed by atoms with E-state index in [-0.39, 0.29) is 11.9 Å². The zero-order valence-corrected chi connectivity index (χ0v) is 13.6. The van der Waals surface area contributed by atoms with Crippen molar-refractivity contribution in [1.29, 1.82) is 0 Å². The molecule has 4 N–H and O–H groups in total. The Balaban J connectivity index is 2.58. The van der Waals surface area contributed by atoms with E-state index in [1.807, 2.05) is 45.0 Å². The first-order valence-corrected chi connectivity index (χ1v) is 7.25. The van der Waals surface area contributed by atoms with E-state index in [1.54, 1.807) is 0 Å². The molecule has 1 aromatic carbocycles. The molecule has 0 saturated heterocycles. The fraction of sp³-hybridized carbons (Fsp3) is 0.500. The Labute approximate surface area is 131 Å². The Morgan fingerprint density at radius 1 is 1.23 bits per heavy atom. The number of hydrogen-bond donors (Lipinski definition) is 3. The highest BCUT2D eigenvalue weighted by atomic mass is 16.6. The summed E-state index contributed by atoms with van der Waals surface area (Å²) in [4.78, 5) is 22.7. The highest BCUT2D eigenvalue weighted by Crippen LogP contribution is 2.12. The van der Waals surface area contributed by atoms with Crippen LogP contribution in [0.5, 0.6) is 0 Å². The predicted molar refractivity (Wildman–Crippen MR) is 86.7 cm³/mol. The van der Waals surface area contributed by atoms with Crippen molar-refractivity contribution in [3.8, 4) is 0 Å². The van der Waals surface area contributed by atoms with Crippen LogP contribution in [0.1, 0.15) is 33.3 Å². The molecule has 6 nitrogen and oxygen atoms in total. The third kappa shape index (κ3) is 7.08. The predicted octanol–water partition coefficient (Wildman–Crippen LogP) is 2.04. The molecule has 0 heterocycles. The van der Waals surface area contributed by atoms with Gasteiger partial charge < -0.3 is 21.1 Å². The van der Waals surface area contributed by atoms with Gasteiger partial charge in [0.1, 0.15) is 5.60 Å². The molecule has 0 radical (unpaired) electrons. The number of nitrogens with two attached hydrogens (primary N) is 1. The minimum Gasteiger partial charge on any atom is -0.444 e. The molecular weight excluding hydrogens is 282 g/mol. The lowest BCUT2D eigenvalue weighted by atomic mass is 10.1. The number of hydrogen-bond acceptors (Lipinski definition) is 4. The zero-order valence-electron chi connectivity index (χ0n) is 13.6. The molecule has 122 valence electrons. The first-order chi connectivity index (χ1) is 10.2. The van der Waals surface area contributed by atoms with Crippen molar-refractivity contribution in [2.24, 2.45) is 5.73 Å². The molecule has 0 bridgehead atoms. The van der Waals surface area contributed by atoms with Crippen LogP contribution in [0.4, 0.5) is 10.5 Å². The van der Waals surface area contributed by atoms with E-state index in [2.05, 4.69) is 10.6 Å². The van der Waals surface area contributed by atoms with Crippen molar-refractivity contribution in [2.45, 2.75) is 45.8 Å². The third-order valence-electron chi connectivity index (χ3n) is 2.76. The Morgan fingerprint density at radius 2 is 1.82 bits per heavy atom. The SMILES string of the molecule is CC(=O)Nc1ccc(CC(CN)NC(=O)OC(C)(C)C)cc1. The number of rotatable bonds is 5. The van der Waals surface area contributed by atoms with Gasteiger partial charge in [-0.05, 0) is 44.9 Å². The molecule has 2 amide bonds. The number of benzene rings is 1. The lowest BCUT2D eigenvalue weighted by Crippen LogP contribution is -2.44. The van der Waals surface area contributed by atoms with Crippen LogP contribution in [-0.2, 0) is 16.0 Å². The zero-order chi connectivity index (χ0) is 16.8. The molecule has 0 aromatic heterocycles. The third-order valence-corrected chi connectivity index (χ3v) is 2.76. The summed E-state index contributed by atoms with van der Waals surface area (Å²) in [6.07, 6.45) is 0.119. The normalized spacial score (nSPS) is 12.4. The van der Waals surface area contributed by atoms with Crippen LogP contribution >= 0.6 is 0 Å². The summed E-state index contributed by atoms with van der Waals surface area (Å²) in [5.74, 6) is -0.112. The van der Waals surface area contributed by atoms with Crippen LogP contribution in [0.25, 0.3) is 0 Å². The Kier molecular flexibility index (Phi) is 6.37. The van der Waals surface area contributed by atoms with Crippen LogP contribution < -0.4 is 16.4 Å². The topological polar surface area (TPSA) is 93.5 Å². The number of ether oxygens (including phenoxy) is 1. The van der Waals surface area contributed by atoms with Gasteiger partial charge in [0, 0.05) is 25.2 Å². The van der Waals surface area contributed by atoms with Gasteiger partial charge >= 0.3 is 6.09 Å². The Bertz CT molecular complexity index is 506. The molecule has 0 saturated carbocycles. The van der Waals surface area contributed by atoms with Crippen LogP contribution in [-0.4, -0.2) is 30.2 Å². The molecule has 1 aromatic rings. The second-order valence-electron chi connectivity index (χ2n) is 6.16. The van der Waals surface area contributed by atoms with Crippen molar-refractivity contribution in [3.63, 3.8) is 0 Å². The first kappa shape index (κ1) is 18.0. The van der Waals surface area contributed by atoms with Crippen LogP contribution in [0, 0.1) is 0 Å². The maximum Gasteiger partial charge on any atom is 0.407 e. The summed E-state index contributed by atoms with van der Waals surface area (Å²) >= 11 is 0. The largest absolute Gasteiger partial charge is 0.444 e. The number of carbonyl (C=O) groups excluding carboxylic acids is 2. The smallest absolute Gasteiger partial charge is 0.407 e. The maximum absolute atomic E-state index is 11.8. The van der Waals surface area contributed by atoms with Crippen LogP contribution in [0.3, 0.4) is 0 Å². The Morgan fingerprint density at radius 3 is 2.27 bits per heavy atom. The van der Waals surface area contributed by atoms with Crippen molar-refractivity contribution >= 4 is 17.7 Å². The summed E-state index contributed by atoms with van der Waals surface area (Å²) in [5.41, 5.74) is 6.91. The molecule has 1 atom stereocenters. The second-order valence-corrected chi connectivity index (χ2v) is 6.16. The molecular formula is C16H25N3O3. The maximum atomic E-state index is 11.8. The van der Waals surface area contributed by atoms with Gasteiger partial charge in [-0.3, -0.25) is 4.79 Å². The van der Waals surface area contributed by atoms with E-state index >= 15 is 0 Å². The minimum absolute atomic E-state index is 0.112. The number of alkyl carbamates (subject to hydrolysis) is 1. The van der Waals surface area contributed by atoms with E-state index in [0.29, 0.717) is 13.0 Å². The van der Waals surface area contributed by atoms with E-state index in [4.69, 9.17) is 10.5 Å². The van der Waals surface area contributed by atoms with Crippen molar-refractivity contribution < 1.29 is 14.3 Å². The quantitative estimate of drug-likeness (QED) is 0.776. The van der Waals surface area contributed by atoms with Crippen molar-refractivity contribution in [2.75, 3.05) is 11.9 Å². The summed E-state index contributed by atoms with van der Waals surface area (Å²) in [7, 11) is 0. The summed E-state index contributed by atoms with van der Waals surface area (Å²) in [5, 5.41) is 5.47. The first-order valence-electron chi connectivity index (χ1n) is 7.25. The monoisotopic (exact) mass is 307 g/mol. The molecule has 6 heteroatoms. The van der Waals surface area contributed by atoms with Gasteiger partial charge in [-0.25, -0.2) is 4.79 Å². The van der Waals surface area contributed by atoms with Gasteiger partial charge in [0.05, 0.1) is 0 Å². The number of nitrogens with one attached hydrogen (secondary N) is 2. The molecule has 0 fully saturated rings. The fourth-order valence-electron chi connectivity index (χ4n) is 1.88. The summed E-state index contributed by atoms with van der Waals surface area (Å²) < 4.78 is 5.22. The van der Waals surface area contributed by atoms with Crippen LogP contribution in [0.15, 0.2) is 24.3 Å². The summed E-state index contributed by atoms with van der Waals surface area (Å²) in [6, 6.07) is 7.21. The lowest BCUT2D eigenvalue weighted by molar-refractivity contribution is -0.114. The van der Waals surface area contributed by atoms with E-state index in [1.165, 1.54) is 6.92 Å². The van der Waals surface area contributed by atoms with Gasteiger partial charge in [-0.2, -0.15) is 0 Å². The van der Waals surface area contributed by atoms with Gasteiger partial charge in [-0.15, -0.1) is 0 Å². The van der Waals surface area contributed by atoms with Gasteiger partial charge in [0.15, 0.2) is 0 Å². The molecule has 22 heavy (non-hydrogen) atoms. The minimum atomic E-state index is -0.538. The molecule has 0 aliphatic rings. The number of anilines is 1. The van der Waals surface area contributed by atoms with Crippen molar-refractivity contribution in [1.82, 2.24) is 5.32 Å². The van der Waals surface area contributed by atoms with Gasteiger partial charge in [-0.1, -0.05) is 12.1 Å². The molecule has 1 unspecified atom stereocenters. The second kappa shape index (κ2) is 7.79. The fourth-order valence-corrected chi connectivity index (χ4v) is 1.88. The average molecular weight is 307 g/mol. The highest BCUT2D eigenvalue weighted by Gasteiger charge is 2.19. The van der Waals surface area contributed by atoms with Crippen LogP contribution in [0.2, 0.25) is 0 Å². The average Bonchev–Trinajstić information content (AvgIpc) is 2.37.